The summed E-state index contributed by atoms with van der Waals surface area (Å²) in [7, 11) is -3.52. The second-order valence-corrected chi connectivity index (χ2v) is 14.6. The summed E-state index contributed by atoms with van der Waals surface area (Å²) in [5.41, 5.74) is -0.162. The van der Waals surface area contributed by atoms with Crippen LogP contribution in [0.5, 0.6) is 0 Å². The predicted octanol–water partition coefficient (Wildman–Crippen LogP) is 3.26. The first-order valence-corrected chi connectivity index (χ1v) is 17.1. The highest BCUT2D eigenvalue weighted by Crippen LogP contribution is 2.62. The molecule has 2 aliphatic carbocycles. The Morgan fingerprint density at radius 2 is 1.29 bits per heavy atom. The number of fused-ring (bicyclic) bond motifs is 2. The van der Waals surface area contributed by atoms with E-state index in [1.807, 2.05) is 0 Å². The highest BCUT2D eigenvalue weighted by molar-refractivity contribution is 6.50. The van der Waals surface area contributed by atoms with Gasteiger partial charge < -0.3 is 13.3 Å². The van der Waals surface area contributed by atoms with E-state index in [2.05, 4.69) is 46.2 Å². The maximum atomic E-state index is 6.73. The second kappa shape index (κ2) is 6.57. The average molecular weight is 347 g/mol. The van der Waals surface area contributed by atoms with Crippen molar-refractivity contribution in [1.29, 1.82) is 0 Å². The van der Waals surface area contributed by atoms with Gasteiger partial charge >= 0.3 is 0 Å². The zero-order valence-electron chi connectivity index (χ0n) is 14.9. The fourth-order valence-electron chi connectivity index (χ4n) is 4.72. The molecule has 0 spiro atoms. The van der Waals surface area contributed by atoms with Crippen molar-refractivity contribution in [3.63, 3.8) is 0 Å². The lowest BCUT2D eigenvalue weighted by Crippen LogP contribution is -2.65. The van der Waals surface area contributed by atoms with Gasteiger partial charge in [-0.1, -0.05) is 6.92 Å². The normalized spacial score (nSPS) is 34.6. The molecule has 3 nitrogen and oxygen atoms in total. The number of hydrogen-bond acceptors (Lipinski definition) is 3. The molecule has 0 aromatic heterocycles. The molecule has 21 heavy (non-hydrogen) atoms. The molecule has 0 saturated heterocycles. The zero-order valence-corrected chi connectivity index (χ0v) is 18.4. The van der Waals surface area contributed by atoms with Gasteiger partial charge in [-0.2, -0.15) is 0 Å². The molecule has 0 aromatic rings. The van der Waals surface area contributed by atoms with Crippen LogP contribution in [0.4, 0.5) is 0 Å². The molecular weight excluding hydrogens is 312 g/mol. The van der Waals surface area contributed by atoms with E-state index in [9.17, 15) is 0 Å². The van der Waals surface area contributed by atoms with Crippen LogP contribution in [0.1, 0.15) is 32.6 Å². The molecule has 2 saturated carbocycles. The molecule has 124 valence electrons. The average Bonchev–Trinajstić information content (AvgIpc) is 2.89. The fraction of sp³-hybridized carbons (Fsp3) is 1.00. The lowest BCUT2D eigenvalue weighted by atomic mass is 9.77. The van der Waals surface area contributed by atoms with Crippen LogP contribution in [0.15, 0.2) is 0 Å². The summed E-state index contributed by atoms with van der Waals surface area (Å²) in [6, 6.07) is 0. The van der Waals surface area contributed by atoms with E-state index in [1.54, 1.807) is 0 Å². The minimum absolute atomic E-state index is 0.162. The maximum Gasteiger partial charge on any atom is 0.180 e. The van der Waals surface area contributed by atoms with Gasteiger partial charge in [0.25, 0.3) is 0 Å². The number of hydrogen-bond donors (Lipinski definition) is 0. The minimum Gasteiger partial charge on any atom is -0.409 e. The van der Waals surface area contributed by atoms with Crippen LogP contribution in [-0.4, -0.2) is 38.5 Å². The topological polar surface area (TPSA) is 27.7 Å². The van der Waals surface area contributed by atoms with Gasteiger partial charge in [-0.3, -0.25) is 0 Å². The van der Waals surface area contributed by atoms with E-state index in [4.69, 9.17) is 13.3 Å². The molecule has 0 heterocycles. The van der Waals surface area contributed by atoms with E-state index < -0.39 is 32.9 Å². The molecule has 2 fully saturated rings. The van der Waals surface area contributed by atoms with Crippen molar-refractivity contribution in [2.75, 3.05) is 0 Å². The lowest BCUT2D eigenvalue weighted by molar-refractivity contribution is -0.262. The number of rotatable bonds is 7. The van der Waals surface area contributed by atoms with E-state index in [0.29, 0.717) is 11.8 Å². The monoisotopic (exact) mass is 346 g/mol. The van der Waals surface area contributed by atoms with Crippen molar-refractivity contribution < 1.29 is 13.3 Å². The summed E-state index contributed by atoms with van der Waals surface area (Å²) in [5.74, 6) is 0.783. The van der Waals surface area contributed by atoms with Crippen LogP contribution >= 0.6 is 0 Å². The highest BCUT2D eigenvalue weighted by Gasteiger charge is 2.69. The smallest absolute Gasteiger partial charge is 0.180 e. The van der Waals surface area contributed by atoms with Crippen LogP contribution in [0.3, 0.4) is 0 Å². The van der Waals surface area contributed by atoms with Crippen molar-refractivity contribution in [2.45, 2.75) is 83.3 Å². The summed E-state index contributed by atoms with van der Waals surface area (Å²) in [6.45, 7) is 15.9. The van der Waals surface area contributed by atoms with Gasteiger partial charge in [0.2, 0.25) is 0 Å². The third-order valence-electron chi connectivity index (χ3n) is 5.01. The Kier molecular flexibility index (Phi) is 5.59. The van der Waals surface area contributed by atoms with Crippen molar-refractivity contribution in [2.24, 2.45) is 11.8 Å². The molecule has 3 unspecified atom stereocenters. The Bertz CT molecular complexity index is 352. The molecule has 0 radical (unpaired) electrons. The van der Waals surface area contributed by atoms with Gasteiger partial charge in [-0.05, 0) is 70.9 Å². The van der Waals surface area contributed by atoms with Gasteiger partial charge in [-0.25, -0.2) is 0 Å². The minimum atomic E-state index is -1.19. The highest BCUT2D eigenvalue weighted by atomic mass is 28.3. The Hall–Kier alpha value is 0.531. The first-order chi connectivity index (χ1) is 9.77. The van der Waals surface area contributed by atoms with E-state index in [-0.39, 0.29) is 5.60 Å². The van der Waals surface area contributed by atoms with E-state index >= 15 is 0 Å². The molecule has 2 aliphatic rings. The van der Waals surface area contributed by atoms with Crippen molar-refractivity contribution in [1.82, 2.24) is 0 Å². The quantitative estimate of drug-likeness (QED) is 0.523. The van der Waals surface area contributed by atoms with Crippen molar-refractivity contribution >= 4 is 27.1 Å². The van der Waals surface area contributed by atoms with Gasteiger partial charge in [0.1, 0.15) is 5.60 Å². The lowest BCUT2D eigenvalue weighted by Gasteiger charge is -2.54. The van der Waals surface area contributed by atoms with Gasteiger partial charge in [0.05, 0.1) is 0 Å². The van der Waals surface area contributed by atoms with Gasteiger partial charge in [-0.15, -0.1) is 0 Å². The Balaban J connectivity index is 2.45. The van der Waals surface area contributed by atoms with Crippen LogP contribution in [-0.2, 0) is 13.3 Å². The summed E-state index contributed by atoms with van der Waals surface area (Å²) in [6.07, 6.45) is 4.84. The summed E-state index contributed by atoms with van der Waals surface area (Å²) in [4.78, 5) is 0. The third-order valence-corrected chi connectivity index (χ3v) is 7.55. The Morgan fingerprint density at radius 1 is 0.810 bits per heavy atom. The first kappa shape index (κ1) is 17.9. The van der Waals surface area contributed by atoms with Crippen LogP contribution in [0, 0.1) is 11.8 Å². The summed E-state index contributed by atoms with van der Waals surface area (Å²) >= 11 is 0. The summed E-state index contributed by atoms with van der Waals surface area (Å²) in [5, 5.41) is 0. The predicted molar refractivity (Wildman–Crippen MR) is 96.5 cm³/mol. The van der Waals surface area contributed by atoms with Gasteiger partial charge in [0, 0.05) is 5.92 Å². The maximum absolute atomic E-state index is 6.73. The molecule has 6 heteroatoms. The zero-order chi connectivity index (χ0) is 15.8. The fourth-order valence-corrected chi connectivity index (χ4v) is 8.49. The standard InChI is InChI=1S/C15H34O3Si3/c1-8-14(16-19(2)3)12-9-10-13(11-12)15(14,17-20(4)5)18-21(6)7/h12-13,19-21H,8-11H2,1-7H3. The van der Waals surface area contributed by atoms with E-state index in [1.165, 1.54) is 19.3 Å². The van der Waals surface area contributed by atoms with Crippen molar-refractivity contribution in [3.8, 4) is 0 Å². The summed E-state index contributed by atoms with van der Waals surface area (Å²) < 4.78 is 20.1. The van der Waals surface area contributed by atoms with Crippen LogP contribution < -0.4 is 0 Å². The molecule has 0 aromatic carbocycles. The van der Waals surface area contributed by atoms with Crippen LogP contribution in [0.2, 0.25) is 39.3 Å². The molecule has 2 rings (SSSR count). The van der Waals surface area contributed by atoms with Crippen molar-refractivity contribution in [3.05, 3.63) is 0 Å². The molecule has 3 atom stereocenters. The molecular formula is C15H34O3Si3. The van der Waals surface area contributed by atoms with E-state index in [0.717, 1.165) is 6.42 Å². The Morgan fingerprint density at radius 3 is 1.71 bits per heavy atom. The Labute approximate surface area is 135 Å². The van der Waals surface area contributed by atoms with Crippen LogP contribution in [0.25, 0.3) is 0 Å². The molecule has 0 aliphatic heterocycles. The second-order valence-electron chi connectivity index (χ2n) is 7.62. The largest absolute Gasteiger partial charge is 0.409 e. The van der Waals surface area contributed by atoms with Gasteiger partial charge in [0.15, 0.2) is 32.9 Å². The first-order valence-electron chi connectivity index (χ1n) is 8.80. The molecule has 2 bridgehead atoms. The molecule has 0 amide bonds. The molecule has 0 N–H and O–H groups in total. The SMILES string of the molecule is CCC1(O[SiH](C)C)C2CCC(C2)C1(O[SiH](C)C)O[SiH](C)C. The third kappa shape index (κ3) is 2.99.